The van der Waals surface area contributed by atoms with Gasteiger partial charge in [-0.05, 0) is 62.1 Å². The molecule has 0 spiro atoms. The second kappa shape index (κ2) is 12.9. The molecule has 0 bridgehead atoms. The van der Waals surface area contributed by atoms with Gasteiger partial charge in [-0.2, -0.15) is 0 Å². The van der Waals surface area contributed by atoms with Gasteiger partial charge in [0.25, 0.3) is 0 Å². The van der Waals surface area contributed by atoms with Crippen LogP contribution in [0.1, 0.15) is 90.3 Å². The molecule has 1 aromatic heterocycles. The summed E-state index contributed by atoms with van der Waals surface area (Å²) in [6, 6.07) is 8.03. The number of hydroxylamine groups is 1. The number of oxazole rings is 1. The molecule has 1 amide bonds. The largest absolute Gasteiger partial charge is 0.494 e. The Labute approximate surface area is 209 Å². The molecule has 35 heavy (non-hydrogen) atoms. The van der Waals surface area contributed by atoms with Crippen molar-refractivity contribution in [3.63, 3.8) is 0 Å². The average Bonchev–Trinajstić information content (AvgIpc) is 3.21. The van der Waals surface area contributed by atoms with Crippen molar-refractivity contribution in [1.29, 1.82) is 0 Å². The van der Waals surface area contributed by atoms with Crippen molar-refractivity contribution >= 4 is 5.91 Å². The smallest absolute Gasteiger partial charge is 0.308 e. The molecule has 8 nitrogen and oxygen atoms in total. The Balaban J connectivity index is 2.05. The van der Waals surface area contributed by atoms with Crippen LogP contribution in [0.15, 0.2) is 28.7 Å². The molecule has 2 rings (SSSR count). The summed E-state index contributed by atoms with van der Waals surface area (Å²) in [5.41, 5.74) is 2.72. The van der Waals surface area contributed by atoms with Crippen LogP contribution in [-0.2, 0) is 10.2 Å². The number of hydrogen-bond donors (Lipinski definition) is 3. The highest BCUT2D eigenvalue weighted by Crippen LogP contribution is 2.41. The molecule has 1 atom stereocenters. The maximum Gasteiger partial charge on any atom is 0.308 e. The van der Waals surface area contributed by atoms with Crippen LogP contribution in [0.3, 0.4) is 0 Å². The van der Waals surface area contributed by atoms with Gasteiger partial charge in [-0.3, -0.25) is 10.0 Å². The van der Waals surface area contributed by atoms with E-state index in [-0.39, 0.29) is 17.9 Å². The quantitative estimate of drug-likeness (QED) is 0.187. The molecule has 2 aromatic rings. The standard InChI is InChI=1S/C27H42N2O6/c1-7-27(8-2,25-28-19(3)24(35-25)34-18-22(30)26(4,5)6)20-13-15-21(16-14-20)33-17-11-9-10-12-23(31)29-32/h13-16,22,30,32H,7-12,17-18H2,1-6H3,(H,29,31). The van der Waals surface area contributed by atoms with Crippen molar-refractivity contribution in [3.8, 4) is 11.7 Å². The van der Waals surface area contributed by atoms with E-state index in [1.54, 1.807) is 5.48 Å². The number of carbonyl (C=O) groups excluding carboxylic acids is 1. The van der Waals surface area contributed by atoms with Gasteiger partial charge < -0.3 is 19.0 Å². The lowest BCUT2D eigenvalue weighted by atomic mass is 9.75. The number of aromatic nitrogens is 1. The van der Waals surface area contributed by atoms with Crippen LogP contribution in [-0.4, -0.2) is 40.5 Å². The molecule has 0 aliphatic carbocycles. The maximum absolute atomic E-state index is 11.0. The van der Waals surface area contributed by atoms with Crippen molar-refractivity contribution in [3.05, 3.63) is 41.4 Å². The van der Waals surface area contributed by atoms with E-state index in [9.17, 15) is 9.90 Å². The summed E-state index contributed by atoms with van der Waals surface area (Å²) in [6.07, 6.45) is 3.68. The van der Waals surface area contributed by atoms with Crippen molar-refractivity contribution in [2.24, 2.45) is 5.41 Å². The van der Waals surface area contributed by atoms with Crippen LogP contribution >= 0.6 is 0 Å². The highest BCUT2D eigenvalue weighted by molar-refractivity contribution is 5.74. The van der Waals surface area contributed by atoms with Gasteiger partial charge in [0.1, 0.15) is 18.1 Å². The fourth-order valence-electron chi connectivity index (χ4n) is 3.89. The van der Waals surface area contributed by atoms with Gasteiger partial charge in [0.05, 0.1) is 18.1 Å². The molecule has 0 saturated carbocycles. The SMILES string of the molecule is CCC(CC)(c1ccc(OCCCCCC(=O)NO)cc1)c1nc(C)c(OCC(O)C(C)(C)C)o1. The summed E-state index contributed by atoms with van der Waals surface area (Å²) in [7, 11) is 0. The predicted molar refractivity (Wildman–Crippen MR) is 134 cm³/mol. The summed E-state index contributed by atoms with van der Waals surface area (Å²) >= 11 is 0. The minimum Gasteiger partial charge on any atom is -0.494 e. The first-order valence-electron chi connectivity index (χ1n) is 12.5. The number of nitrogens with zero attached hydrogens (tertiary/aromatic N) is 1. The zero-order valence-electron chi connectivity index (χ0n) is 22.0. The predicted octanol–water partition coefficient (Wildman–Crippen LogP) is 5.32. The molecule has 0 fully saturated rings. The Morgan fingerprint density at radius 3 is 2.31 bits per heavy atom. The summed E-state index contributed by atoms with van der Waals surface area (Å²) in [4.78, 5) is 15.7. The number of aliphatic hydroxyl groups excluding tert-OH is 1. The van der Waals surface area contributed by atoms with E-state index in [0.717, 1.165) is 37.0 Å². The second-order valence-electron chi connectivity index (χ2n) is 10.1. The van der Waals surface area contributed by atoms with E-state index in [0.29, 0.717) is 37.0 Å². The minimum atomic E-state index is -0.620. The number of aryl methyl sites for hydroxylation is 1. The first kappa shape index (κ1) is 28.7. The van der Waals surface area contributed by atoms with Crippen LogP contribution in [0.2, 0.25) is 0 Å². The zero-order valence-corrected chi connectivity index (χ0v) is 22.0. The van der Waals surface area contributed by atoms with Gasteiger partial charge in [0.15, 0.2) is 0 Å². The van der Waals surface area contributed by atoms with E-state index in [1.165, 1.54) is 0 Å². The number of benzene rings is 1. The first-order valence-corrected chi connectivity index (χ1v) is 12.5. The molecule has 1 aromatic carbocycles. The molecule has 1 unspecified atom stereocenters. The van der Waals surface area contributed by atoms with Crippen molar-refractivity contribution in [1.82, 2.24) is 10.5 Å². The Kier molecular flexibility index (Phi) is 10.6. The van der Waals surface area contributed by atoms with Gasteiger partial charge >= 0.3 is 5.95 Å². The van der Waals surface area contributed by atoms with Gasteiger partial charge in [-0.15, -0.1) is 0 Å². The molecule has 0 aliphatic rings. The minimum absolute atomic E-state index is 0.144. The van der Waals surface area contributed by atoms with E-state index in [4.69, 9.17) is 24.1 Å². The topological polar surface area (TPSA) is 114 Å². The molecular formula is C27H42N2O6. The van der Waals surface area contributed by atoms with Crippen LogP contribution in [0.25, 0.3) is 0 Å². The summed E-state index contributed by atoms with van der Waals surface area (Å²) in [5.74, 6) is 1.39. The Morgan fingerprint density at radius 1 is 1.09 bits per heavy atom. The Morgan fingerprint density at radius 2 is 1.74 bits per heavy atom. The third-order valence-corrected chi connectivity index (χ3v) is 6.59. The number of amides is 1. The van der Waals surface area contributed by atoms with Crippen molar-refractivity contribution < 1.29 is 29.0 Å². The number of ether oxygens (including phenoxy) is 2. The Bertz CT molecular complexity index is 913. The molecule has 3 N–H and O–H groups in total. The maximum atomic E-state index is 11.0. The fourth-order valence-corrected chi connectivity index (χ4v) is 3.89. The number of hydrogen-bond acceptors (Lipinski definition) is 7. The average molecular weight is 491 g/mol. The third kappa shape index (κ3) is 7.70. The normalized spacial score (nSPS) is 12.9. The van der Waals surface area contributed by atoms with Gasteiger partial charge in [0.2, 0.25) is 11.8 Å². The fraction of sp³-hybridized carbons (Fsp3) is 0.630. The molecule has 0 radical (unpaired) electrons. The number of rotatable bonds is 14. The summed E-state index contributed by atoms with van der Waals surface area (Å²) in [5, 5.41) is 18.8. The van der Waals surface area contributed by atoms with E-state index < -0.39 is 11.5 Å². The van der Waals surface area contributed by atoms with Crippen molar-refractivity contribution in [2.45, 2.75) is 91.6 Å². The molecular weight excluding hydrogens is 448 g/mol. The number of aliphatic hydroxyl groups is 1. The number of nitrogens with one attached hydrogen (secondary N) is 1. The zero-order chi connectivity index (χ0) is 26.1. The molecule has 0 saturated heterocycles. The van der Waals surface area contributed by atoms with E-state index in [2.05, 4.69) is 26.0 Å². The summed E-state index contributed by atoms with van der Waals surface area (Å²) in [6.45, 7) is 12.7. The highest BCUT2D eigenvalue weighted by Gasteiger charge is 2.37. The van der Waals surface area contributed by atoms with Crippen LogP contribution < -0.4 is 15.0 Å². The van der Waals surface area contributed by atoms with Gasteiger partial charge in [0, 0.05) is 6.42 Å². The van der Waals surface area contributed by atoms with Crippen LogP contribution in [0, 0.1) is 12.3 Å². The summed E-state index contributed by atoms with van der Waals surface area (Å²) < 4.78 is 17.8. The van der Waals surface area contributed by atoms with Gasteiger partial charge in [-0.25, -0.2) is 10.5 Å². The number of unbranched alkanes of at least 4 members (excludes halogenated alkanes) is 2. The molecule has 1 heterocycles. The third-order valence-electron chi connectivity index (χ3n) is 6.59. The van der Waals surface area contributed by atoms with Crippen LogP contribution in [0.4, 0.5) is 0 Å². The highest BCUT2D eigenvalue weighted by atomic mass is 16.6. The van der Waals surface area contributed by atoms with E-state index in [1.807, 2.05) is 39.8 Å². The number of carbonyl (C=O) groups is 1. The van der Waals surface area contributed by atoms with Crippen LogP contribution in [0.5, 0.6) is 11.7 Å². The van der Waals surface area contributed by atoms with Gasteiger partial charge in [-0.1, -0.05) is 46.8 Å². The monoisotopic (exact) mass is 490 g/mol. The Hall–Kier alpha value is -2.58. The lowest BCUT2D eigenvalue weighted by Crippen LogP contribution is -2.32. The lowest BCUT2D eigenvalue weighted by Gasteiger charge is -2.29. The molecule has 8 heteroatoms. The lowest BCUT2D eigenvalue weighted by molar-refractivity contribution is -0.129. The second-order valence-corrected chi connectivity index (χ2v) is 10.1. The molecule has 0 aliphatic heterocycles. The van der Waals surface area contributed by atoms with E-state index >= 15 is 0 Å². The molecule has 196 valence electrons. The van der Waals surface area contributed by atoms with Crippen molar-refractivity contribution in [2.75, 3.05) is 13.2 Å². The first-order chi connectivity index (χ1) is 16.6.